The third-order valence-corrected chi connectivity index (χ3v) is 3.68. The lowest BCUT2D eigenvalue weighted by atomic mass is 10.1. The summed E-state index contributed by atoms with van der Waals surface area (Å²) in [5, 5.41) is 18.1. The van der Waals surface area contributed by atoms with Gasteiger partial charge < -0.3 is 14.3 Å². The van der Waals surface area contributed by atoms with Crippen molar-refractivity contribution >= 4 is 17.1 Å². The van der Waals surface area contributed by atoms with E-state index in [0.717, 1.165) is 6.07 Å². The summed E-state index contributed by atoms with van der Waals surface area (Å²) in [6.45, 7) is 1.73. The number of aryl methyl sites for hydroxylation is 1. The predicted octanol–water partition coefficient (Wildman–Crippen LogP) is 3.68. The molecule has 0 spiro atoms. The average Bonchev–Trinajstić information content (AvgIpc) is 3.02. The number of ether oxygens (including phenoxy) is 1. The van der Waals surface area contributed by atoms with E-state index < -0.39 is 11.8 Å². The van der Waals surface area contributed by atoms with Crippen molar-refractivity contribution in [1.29, 1.82) is 5.26 Å². The Bertz CT molecular complexity index is 1000. The molecule has 0 fully saturated rings. The molecular weight excluding hydrogens is 327 g/mol. The molecule has 25 heavy (non-hydrogen) atoms. The highest BCUT2D eigenvalue weighted by atomic mass is 19.1. The second-order valence-electron chi connectivity index (χ2n) is 5.29. The Balaban J connectivity index is 1.85. The number of benzene rings is 2. The van der Waals surface area contributed by atoms with Gasteiger partial charge in [-0.1, -0.05) is 6.92 Å². The number of aromatic carboxylic acids is 1. The van der Waals surface area contributed by atoms with E-state index in [-0.39, 0.29) is 29.4 Å². The zero-order valence-electron chi connectivity index (χ0n) is 13.2. The van der Waals surface area contributed by atoms with Gasteiger partial charge in [0.1, 0.15) is 23.2 Å². The molecule has 2 aromatic carbocycles. The number of halogens is 1. The second-order valence-corrected chi connectivity index (χ2v) is 5.29. The maximum absolute atomic E-state index is 13.7. The summed E-state index contributed by atoms with van der Waals surface area (Å²) in [4.78, 5) is 15.2. The fraction of sp³-hybridized carbons (Fsp3) is 0.167. The maximum atomic E-state index is 13.7. The summed E-state index contributed by atoms with van der Waals surface area (Å²) in [5.41, 5.74) is 1.44. The van der Waals surface area contributed by atoms with Crippen LogP contribution in [0.25, 0.3) is 11.1 Å². The minimum atomic E-state index is -1.06. The van der Waals surface area contributed by atoms with Gasteiger partial charge >= 0.3 is 5.97 Å². The Kier molecular flexibility index (Phi) is 4.35. The number of hydrogen-bond donors (Lipinski definition) is 1. The van der Waals surface area contributed by atoms with E-state index in [1.165, 1.54) is 18.2 Å². The summed E-state index contributed by atoms with van der Waals surface area (Å²) in [6, 6.07) is 8.86. The minimum absolute atomic E-state index is 0.0689. The Labute approximate surface area is 142 Å². The third-order valence-electron chi connectivity index (χ3n) is 3.68. The molecule has 0 unspecified atom stereocenters. The number of carboxylic acid groups (broad SMARTS) is 1. The van der Waals surface area contributed by atoms with Gasteiger partial charge in [-0.3, -0.25) is 0 Å². The number of hydrogen-bond acceptors (Lipinski definition) is 5. The van der Waals surface area contributed by atoms with Gasteiger partial charge in [-0.05, 0) is 42.3 Å². The molecule has 0 aliphatic rings. The van der Waals surface area contributed by atoms with Crippen LogP contribution < -0.4 is 4.74 Å². The normalized spacial score (nSPS) is 10.6. The highest BCUT2D eigenvalue weighted by molar-refractivity contribution is 5.91. The van der Waals surface area contributed by atoms with E-state index in [9.17, 15) is 9.18 Å². The van der Waals surface area contributed by atoms with Crippen LogP contribution >= 0.6 is 0 Å². The third kappa shape index (κ3) is 3.28. The zero-order valence-corrected chi connectivity index (χ0v) is 13.2. The molecule has 1 N–H and O–H groups in total. The first-order valence-electron chi connectivity index (χ1n) is 7.50. The van der Waals surface area contributed by atoms with E-state index in [1.807, 2.05) is 6.07 Å². The summed E-state index contributed by atoms with van der Waals surface area (Å²) in [5.74, 6) is -1.04. The number of aromatic nitrogens is 1. The number of carboxylic acids is 1. The molecule has 1 aromatic heterocycles. The molecule has 3 rings (SSSR count). The Morgan fingerprint density at radius 2 is 2.20 bits per heavy atom. The molecule has 0 aliphatic heterocycles. The first-order chi connectivity index (χ1) is 12.0. The lowest BCUT2D eigenvalue weighted by molar-refractivity contribution is 0.0697. The number of carbonyl (C=O) groups is 1. The molecule has 0 radical (unpaired) electrons. The van der Waals surface area contributed by atoms with Crippen molar-refractivity contribution in [1.82, 2.24) is 4.98 Å². The highest BCUT2D eigenvalue weighted by Crippen LogP contribution is 2.25. The summed E-state index contributed by atoms with van der Waals surface area (Å²) in [7, 11) is 0. The Hall–Kier alpha value is -3.40. The van der Waals surface area contributed by atoms with Crippen LogP contribution in [0.1, 0.15) is 34.3 Å². The van der Waals surface area contributed by atoms with E-state index in [1.54, 1.807) is 13.0 Å². The second kappa shape index (κ2) is 6.61. The van der Waals surface area contributed by atoms with Crippen LogP contribution in [0.15, 0.2) is 34.7 Å². The number of oxazole rings is 1. The molecule has 0 saturated heterocycles. The molecule has 0 aliphatic carbocycles. The molecule has 7 heteroatoms. The number of rotatable bonds is 5. The smallest absolute Gasteiger partial charge is 0.335 e. The van der Waals surface area contributed by atoms with Crippen molar-refractivity contribution < 1.29 is 23.4 Å². The molecule has 0 bridgehead atoms. The summed E-state index contributed by atoms with van der Waals surface area (Å²) in [6.07, 6.45) is 0.467. The van der Waals surface area contributed by atoms with E-state index in [2.05, 4.69) is 4.98 Å². The van der Waals surface area contributed by atoms with Crippen molar-refractivity contribution in [3.05, 3.63) is 58.7 Å². The van der Waals surface area contributed by atoms with Gasteiger partial charge in [-0.2, -0.15) is 5.26 Å². The minimum Gasteiger partial charge on any atom is -0.482 e. The van der Waals surface area contributed by atoms with Crippen molar-refractivity contribution in [3.63, 3.8) is 0 Å². The summed E-state index contributed by atoms with van der Waals surface area (Å²) < 4.78 is 24.8. The SMILES string of the molecule is CCc1cc(OCc2nc3ccc(C(=O)O)cc3o2)c(C#N)cc1F. The number of fused-ring (bicyclic) bond motifs is 1. The van der Waals surface area contributed by atoms with E-state index in [0.29, 0.717) is 23.1 Å². The fourth-order valence-corrected chi connectivity index (χ4v) is 2.38. The number of nitrogens with zero attached hydrogens (tertiary/aromatic N) is 2. The molecule has 0 atom stereocenters. The lowest BCUT2D eigenvalue weighted by Crippen LogP contribution is -2.00. The zero-order chi connectivity index (χ0) is 18.0. The van der Waals surface area contributed by atoms with Crippen molar-refractivity contribution in [2.45, 2.75) is 20.0 Å². The van der Waals surface area contributed by atoms with Crippen LogP contribution in [0.4, 0.5) is 4.39 Å². The fourth-order valence-electron chi connectivity index (χ4n) is 2.38. The van der Waals surface area contributed by atoms with Crippen molar-refractivity contribution in [3.8, 4) is 11.8 Å². The molecule has 1 heterocycles. The average molecular weight is 340 g/mol. The maximum Gasteiger partial charge on any atom is 0.335 e. The lowest BCUT2D eigenvalue weighted by Gasteiger charge is -2.08. The quantitative estimate of drug-likeness (QED) is 0.761. The summed E-state index contributed by atoms with van der Waals surface area (Å²) >= 11 is 0. The van der Waals surface area contributed by atoms with Gasteiger partial charge in [0.15, 0.2) is 12.2 Å². The molecule has 3 aromatic rings. The Morgan fingerprint density at radius 3 is 2.88 bits per heavy atom. The van der Waals surface area contributed by atoms with Gasteiger partial charge in [0.2, 0.25) is 5.89 Å². The van der Waals surface area contributed by atoms with Crippen LogP contribution in [0.2, 0.25) is 0 Å². The predicted molar refractivity (Wildman–Crippen MR) is 85.8 cm³/mol. The largest absolute Gasteiger partial charge is 0.482 e. The molecule has 6 nitrogen and oxygen atoms in total. The van der Waals surface area contributed by atoms with Gasteiger partial charge in [0, 0.05) is 0 Å². The molecule has 0 saturated carbocycles. The van der Waals surface area contributed by atoms with E-state index in [4.69, 9.17) is 19.5 Å². The van der Waals surface area contributed by atoms with Crippen LogP contribution in [0.5, 0.6) is 5.75 Å². The highest BCUT2D eigenvalue weighted by Gasteiger charge is 2.13. The standard InChI is InChI=1S/C18H13FN2O4/c1-2-10-6-15(12(8-20)5-13(10)19)24-9-17-21-14-4-3-11(18(22)23)7-16(14)25-17/h3-7H,2,9H2,1H3,(H,22,23). The number of nitriles is 1. The molecular formula is C18H13FN2O4. The topological polar surface area (TPSA) is 96.3 Å². The van der Waals surface area contributed by atoms with Crippen LogP contribution in [0.3, 0.4) is 0 Å². The van der Waals surface area contributed by atoms with Gasteiger partial charge in [-0.25, -0.2) is 14.2 Å². The van der Waals surface area contributed by atoms with Gasteiger partial charge in [0.25, 0.3) is 0 Å². The monoisotopic (exact) mass is 340 g/mol. The van der Waals surface area contributed by atoms with Gasteiger partial charge in [-0.15, -0.1) is 0 Å². The van der Waals surface area contributed by atoms with Crippen molar-refractivity contribution in [2.75, 3.05) is 0 Å². The van der Waals surface area contributed by atoms with Crippen LogP contribution in [-0.4, -0.2) is 16.1 Å². The van der Waals surface area contributed by atoms with Crippen molar-refractivity contribution in [2.24, 2.45) is 0 Å². The molecule has 0 amide bonds. The van der Waals surface area contributed by atoms with Crippen LogP contribution in [0, 0.1) is 17.1 Å². The van der Waals surface area contributed by atoms with Gasteiger partial charge in [0.05, 0.1) is 11.1 Å². The van der Waals surface area contributed by atoms with E-state index >= 15 is 0 Å². The Morgan fingerprint density at radius 1 is 1.40 bits per heavy atom. The molecule has 126 valence electrons. The first kappa shape index (κ1) is 16.5. The van der Waals surface area contributed by atoms with Crippen LogP contribution in [-0.2, 0) is 13.0 Å². The first-order valence-corrected chi connectivity index (χ1v) is 7.50.